The molecule has 0 aliphatic carbocycles. The number of fused-ring (bicyclic) bond motifs is 17. The molecule has 6 aliphatic heterocycles. The summed E-state index contributed by atoms with van der Waals surface area (Å²) >= 11 is 32.4. The van der Waals surface area contributed by atoms with Gasteiger partial charge < -0.3 is 55.3 Å². The van der Waals surface area contributed by atoms with Crippen molar-refractivity contribution in [3.63, 3.8) is 0 Å². The Morgan fingerprint density at radius 3 is 1.12 bits per heavy atom. The minimum absolute atomic E-state index is 0.00833. The van der Waals surface area contributed by atoms with Gasteiger partial charge in [0, 0.05) is 214 Å². The first-order valence-electron chi connectivity index (χ1n) is 39.9. The van der Waals surface area contributed by atoms with Gasteiger partial charge in [0.1, 0.15) is 28.7 Å². The maximum absolute atomic E-state index is 10.7. The smallest absolute Gasteiger partial charge is 0.125 e. The molecule has 0 amide bonds. The molecule has 0 radical (unpaired) electrons. The zero-order valence-corrected chi connectivity index (χ0v) is 73.3. The summed E-state index contributed by atoms with van der Waals surface area (Å²) in [5.41, 5.74) is 15.7. The number of nitrogens with zero attached hydrogens (tertiary/aromatic N) is 5. The second kappa shape index (κ2) is 30.8. The number of phenolic OH excluding ortho intramolecular Hbond substituents is 5. The zero-order valence-electron chi connectivity index (χ0n) is 69.5. The topological polar surface area (TPSA) is 129 Å². The fourth-order valence-electron chi connectivity index (χ4n) is 20.4. The number of rotatable bonds is 5. The molecule has 6 N–H and O–H groups in total. The highest BCUT2D eigenvalue weighted by molar-refractivity contribution is 6.23. The van der Waals surface area contributed by atoms with Gasteiger partial charge in [0.25, 0.3) is 0 Å². The molecule has 0 saturated heterocycles. The van der Waals surface area contributed by atoms with E-state index >= 15 is 0 Å². The number of aryl methyl sites for hydroxylation is 1. The zero-order chi connectivity index (χ0) is 81.3. The molecule has 11 nitrogen and oxygen atoms in total. The largest absolute Gasteiger partial charge is 0.507 e. The van der Waals surface area contributed by atoms with Gasteiger partial charge in [0.2, 0.25) is 0 Å². The number of hydrogen-bond acceptors (Lipinski definition) is 11. The van der Waals surface area contributed by atoms with Crippen molar-refractivity contribution in [2.45, 2.75) is 263 Å². The molecule has 16 rings (SSSR count). The van der Waals surface area contributed by atoms with Crippen molar-refractivity contribution >= 4 is 146 Å². The van der Waals surface area contributed by atoms with E-state index in [9.17, 15) is 25.5 Å². The van der Waals surface area contributed by atoms with Gasteiger partial charge in [0.05, 0.1) is 0 Å². The molecule has 6 heterocycles. The highest BCUT2D eigenvalue weighted by atomic mass is 35.5. The van der Waals surface area contributed by atoms with E-state index in [0.717, 1.165) is 91.0 Å². The molecule has 0 aromatic heterocycles. The quantitative estimate of drug-likeness (QED) is 0.0922. The highest BCUT2D eigenvalue weighted by Gasteiger charge is 2.48. The lowest BCUT2D eigenvalue weighted by Gasteiger charge is -2.40. The minimum Gasteiger partial charge on any atom is -0.507 e. The Morgan fingerprint density at radius 1 is 0.387 bits per heavy atom. The molecule has 10 aromatic carbocycles. The average molecular weight is 1600 g/mol. The molecule has 6 aliphatic rings. The van der Waals surface area contributed by atoms with E-state index in [0.29, 0.717) is 64.7 Å². The summed E-state index contributed by atoms with van der Waals surface area (Å²) in [4.78, 5) is 12.0. The predicted molar refractivity (Wildman–Crippen MR) is 480 cm³/mol. The number of phenols is 5. The van der Waals surface area contributed by atoms with E-state index < -0.39 is 0 Å². The highest BCUT2D eigenvalue weighted by Crippen LogP contribution is 2.58. The van der Waals surface area contributed by atoms with Crippen molar-refractivity contribution in [3.05, 3.63) is 172 Å². The van der Waals surface area contributed by atoms with Gasteiger partial charge in [-0.3, -0.25) is 0 Å². The SMILES string of the molecule is C[C@@H](Cl)[C@@H]1CN(C(C)(C)C)c2cc(O)c3ccc4c(c3c21)CCN4.C[C@@H](Cl)[C@H]1c2c(cc(O)c3ccccc23)N(C(C)(C)C)[C@H]1C.C[C@@H]1[C@@H]([C@@H](C)Cl)c2c(cc(O)c3ccccc23)N1C(C)(C)C.C[C@H]1[C@@H](CCl)c2c(cc(O)c3ccccc23)N1C(C)(C)C.Cc1cccc2c(O)cc3c(c12)[C@H](CCl)[C@@H](C)N3C(C)(C)C. The van der Waals surface area contributed by atoms with E-state index in [1.165, 1.54) is 55.4 Å². The number of hydrogen-bond donors (Lipinski definition) is 6. The van der Waals surface area contributed by atoms with Crippen molar-refractivity contribution in [2.75, 3.05) is 54.7 Å². The third kappa shape index (κ3) is 14.9. The molecule has 0 fully saturated rings. The lowest BCUT2D eigenvalue weighted by Crippen LogP contribution is -2.46. The Labute approximate surface area is 685 Å². The lowest BCUT2D eigenvalue weighted by molar-refractivity contribution is 0.432. The summed E-state index contributed by atoms with van der Waals surface area (Å²) in [5.74, 6) is 4.29. The number of alkyl halides is 5. The molecule has 0 bridgehead atoms. The second-order valence-electron chi connectivity index (χ2n) is 37.1. The van der Waals surface area contributed by atoms with E-state index in [4.69, 9.17) is 58.0 Å². The fourth-order valence-corrected chi connectivity index (χ4v) is 22.1. The second-order valence-corrected chi connectivity index (χ2v) is 39.8. The van der Waals surface area contributed by atoms with Gasteiger partial charge in [-0.05, 0) is 244 Å². The van der Waals surface area contributed by atoms with Crippen LogP contribution in [0.4, 0.5) is 34.1 Å². The first-order valence-corrected chi connectivity index (χ1v) is 42.3. The Kier molecular flexibility index (Phi) is 23.1. The normalized spacial score (nSPS) is 22.0. The van der Waals surface area contributed by atoms with Crippen molar-refractivity contribution in [2.24, 2.45) is 0 Å². The Hall–Kier alpha value is -7.25. The Bertz CT molecular complexity index is 5020. The summed E-state index contributed by atoms with van der Waals surface area (Å²) in [7, 11) is 0. The number of benzene rings is 10. The monoisotopic (exact) mass is 1600 g/mol. The lowest BCUT2D eigenvalue weighted by atomic mass is 9.89. The summed E-state index contributed by atoms with van der Waals surface area (Å²) in [6.07, 6.45) is 1.00. The van der Waals surface area contributed by atoms with Crippen LogP contribution in [0.25, 0.3) is 53.9 Å². The Balaban J connectivity index is 0.000000129. The first-order chi connectivity index (χ1) is 51.9. The van der Waals surface area contributed by atoms with Gasteiger partial charge in [-0.25, -0.2) is 0 Å². The van der Waals surface area contributed by atoms with Crippen LogP contribution < -0.4 is 29.8 Å². The molecule has 16 heteroatoms. The third-order valence-electron chi connectivity index (χ3n) is 24.5. The van der Waals surface area contributed by atoms with E-state index in [1.807, 2.05) is 103 Å². The molecule has 0 saturated carbocycles. The van der Waals surface area contributed by atoms with Gasteiger partial charge >= 0.3 is 0 Å². The molecule has 0 spiro atoms. The number of halogens is 5. The number of nitrogens with one attached hydrogen (secondary N) is 1. The third-order valence-corrected chi connectivity index (χ3v) is 26.0. The van der Waals surface area contributed by atoms with E-state index in [-0.39, 0.29) is 73.4 Å². The van der Waals surface area contributed by atoms with Crippen LogP contribution in [-0.2, 0) is 6.42 Å². The van der Waals surface area contributed by atoms with Crippen molar-refractivity contribution in [1.82, 2.24) is 0 Å². The van der Waals surface area contributed by atoms with Crippen molar-refractivity contribution in [1.29, 1.82) is 0 Å². The predicted octanol–water partition coefficient (Wildman–Crippen LogP) is 25.4. The van der Waals surface area contributed by atoms with Crippen LogP contribution in [0.15, 0.2) is 133 Å². The summed E-state index contributed by atoms with van der Waals surface area (Å²) in [5, 5.41) is 66.5. The van der Waals surface area contributed by atoms with Crippen LogP contribution in [-0.4, -0.2) is 118 Å². The molecular formula is C95H119Cl5N6O5. The van der Waals surface area contributed by atoms with Gasteiger partial charge in [-0.15, -0.1) is 58.0 Å². The van der Waals surface area contributed by atoms with E-state index in [2.05, 4.69) is 219 Å². The number of anilines is 6. The minimum atomic E-state index is -0.0242. The maximum atomic E-state index is 10.7. The van der Waals surface area contributed by atoms with Crippen molar-refractivity contribution < 1.29 is 25.5 Å². The van der Waals surface area contributed by atoms with Crippen LogP contribution >= 0.6 is 58.0 Å². The van der Waals surface area contributed by atoms with Gasteiger partial charge in [0.15, 0.2) is 0 Å². The van der Waals surface area contributed by atoms with Crippen LogP contribution in [0, 0.1) is 6.92 Å². The standard InChI is InChI=1S/C20H25ClN2O.3C19H24ClNO.C18H22ClNO/c1-11(21)14-10-23(20(2,3)4)16-9-17(24)13-5-6-15-12(7-8-22-15)18(13)19(14)16;1-11-7-6-8-13-16(22)9-15-18(17(11)13)14(10-20)12(2)21(15)19(3,4)5;2*1-11(20)17-12(2)21(19(3,4)5)15-10-16(22)13-8-6-7-9-14(13)18(15)17;1-11-14(10-19)17-13-8-6-5-7-12(13)16(21)9-15(17)20(11)18(2,3)4/h5-6,9,11,14,22,24H,7-8,10H2,1-4H3;6-9,12,14,22H,10H2,1-5H3;2*6-12,17,22H,1-5H3;5-9,11,14,21H,10H2,1-4H3/t11-,14+;12-,14-;11-,12+,17-;11-,12-,17-;11-,14+/m11110/s1. The summed E-state index contributed by atoms with van der Waals surface area (Å²) in [6, 6.07) is 45.3. The van der Waals surface area contributed by atoms with Crippen LogP contribution in [0.3, 0.4) is 0 Å². The molecule has 594 valence electrons. The average Bonchev–Trinajstić information content (AvgIpc) is 1.61. The van der Waals surface area contributed by atoms with Crippen molar-refractivity contribution in [3.8, 4) is 28.7 Å². The molecule has 10 aromatic rings. The van der Waals surface area contributed by atoms with Gasteiger partial charge in [-0.2, -0.15) is 0 Å². The van der Waals surface area contributed by atoms with Crippen LogP contribution in [0.5, 0.6) is 28.7 Å². The Morgan fingerprint density at radius 2 is 0.730 bits per heavy atom. The van der Waals surface area contributed by atoms with E-state index in [1.54, 1.807) is 0 Å². The first kappa shape index (κ1) is 83.2. The fraction of sp³-hybridized carbons (Fsp3) is 0.474. The number of aromatic hydroxyl groups is 5. The summed E-state index contributed by atoms with van der Waals surface area (Å²) < 4.78 is 0. The summed E-state index contributed by atoms with van der Waals surface area (Å²) in [6.45, 7) is 52.3. The molecule has 0 unspecified atom stereocenters. The van der Waals surface area contributed by atoms with Gasteiger partial charge in [-0.1, -0.05) is 91.0 Å². The molecular weight excluding hydrogens is 1480 g/mol. The van der Waals surface area contributed by atoms with Crippen LogP contribution in [0.2, 0.25) is 0 Å². The van der Waals surface area contributed by atoms with Crippen LogP contribution in [0.1, 0.15) is 221 Å². The molecule has 111 heavy (non-hydrogen) atoms. The molecule has 12 atom stereocenters. The maximum Gasteiger partial charge on any atom is 0.125 e.